The highest BCUT2D eigenvalue weighted by Gasteiger charge is 2.54. The number of hydrogen-bond donors (Lipinski definition) is 2. The van der Waals surface area contributed by atoms with E-state index in [0.717, 1.165) is 22.5 Å². The van der Waals surface area contributed by atoms with Crippen molar-refractivity contribution in [2.45, 2.75) is 16.6 Å². The molecule has 4 heterocycles. The standard InChI is InChI=1S/C18H21N9O7S4/c1-25-9(7-37-18(25)22-38(4,32)33)10(21-34-3)13(28)19-11-14(29)27-12(16(30)31)8(5-35-15(11)27)6-36-17-20-23-24-26(17)2/h7,11,15H,5-6H2,1-4H3,(H,19,28)(H,30,31)/b21-10+,22-18?/t11?,15-/m1/s1. The number of oxime groups is 1. The van der Waals surface area contributed by atoms with Gasteiger partial charge in [-0.15, -0.1) is 32.6 Å². The van der Waals surface area contributed by atoms with Crippen molar-refractivity contribution in [1.82, 2.24) is 35.0 Å². The Kier molecular flexibility index (Phi) is 7.95. The maximum Gasteiger partial charge on any atom is 0.352 e. The number of aryl methyl sites for hydroxylation is 1. The van der Waals surface area contributed by atoms with E-state index < -0.39 is 39.2 Å². The first-order valence-electron chi connectivity index (χ1n) is 10.5. The topological polar surface area (TPSA) is 203 Å². The van der Waals surface area contributed by atoms with Crippen LogP contribution in [0.1, 0.15) is 5.69 Å². The van der Waals surface area contributed by atoms with Gasteiger partial charge in [-0.3, -0.25) is 14.5 Å². The van der Waals surface area contributed by atoms with Crippen LogP contribution in [-0.2, 0) is 43.3 Å². The van der Waals surface area contributed by atoms with Crippen LogP contribution >= 0.6 is 34.9 Å². The van der Waals surface area contributed by atoms with Gasteiger partial charge >= 0.3 is 5.97 Å². The predicted octanol–water partition coefficient (Wildman–Crippen LogP) is -1.65. The number of thiazole rings is 1. The molecule has 2 N–H and O–H groups in total. The number of hydrogen-bond acceptors (Lipinski definition) is 13. The molecule has 1 fully saturated rings. The van der Waals surface area contributed by atoms with Gasteiger partial charge in [-0.1, -0.05) is 16.9 Å². The number of β-lactam (4-membered cyclic amide) rings is 1. The molecule has 16 nitrogen and oxygen atoms in total. The van der Waals surface area contributed by atoms with E-state index in [0.29, 0.717) is 16.5 Å². The maximum atomic E-state index is 13.1. The summed E-state index contributed by atoms with van der Waals surface area (Å²) in [6.45, 7) is 0. The van der Waals surface area contributed by atoms with E-state index in [1.165, 1.54) is 52.3 Å². The normalized spacial score (nSPS) is 20.3. The Morgan fingerprint density at radius 2 is 2.11 bits per heavy atom. The average Bonchev–Trinajstić information content (AvgIpc) is 3.42. The van der Waals surface area contributed by atoms with Crippen molar-refractivity contribution in [2.75, 3.05) is 24.9 Å². The zero-order valence-electron chi connectivity index (χ0n) is 20.3. The molecule has 1 unspecified atom stereocenters. The predicted molar refractivity (Wildman–Crippen MR) is 136 cm³/mol. The number of carboxylic acids is 1. The highest BCUT2D eigenvalue weighted by atomic mass is 32.2. The first-order valence-corrected chi connectivity index (χ1v) is 15.3. The Labute approximate surface area is 227 Å². The number of amides is 2. The zero-order valence-corrected chi connectivity index (χ0v) is 23.5. The molecule has 2 aromatic rings. The fourth-order valence-electron chi connectivity index (χ4n) is 3.60. The first kappa shape index (κ1) is 27.8. The number of aliphatic carboxylic acids is 1. The van der Waals surface area contributed by atoms with Crippen LogP contribution in [0.15, 0.2) is 31.4 Å². The lowest BCUT2D eigenvalue weighted by Gasteiger charge is -2.49. The van der Waals surface area contributed by atoms with Gasteiger partial charge in [0.1, 0.15) is 24.2 Å². The maximum absolute atomic E-state index is 13.1. The van der Waals surface area contributed by atoms with E-state index in [-0.39, 0.29) is 27.7 Å². The molecule has 2 aliphatic rings. The lowest BCUT2D eigenvalue weighted by molar-refractivity contribution is -0.150. The average molecular weight is 604 g/mol. The molecule has 0 aromatic carbocycles. The molecule has 204 valence electrons. The van der Waals surface area contributed by atoms with Gasteiger partial charge in [0, 0.05) is 31.0 Å². The monoisotopic (exact) mass is 603 g/mol. The van der Waals surface area contributed by atoms with Gasteiger partial charge in [-0.25, -0.2) is 17.9 Å². The first-order chi connectivity index (χ1) is 17.9. The minimum atomic E-state index is -3.69. The minimum Gasteiger partial charge on any atom is -0.477 e. The number of carboxylic acid groups (broad SMARTS) is 1. The number of carbonyl (C=O) groups excluding carboxylic acids is 2. The van der Waals surface area contributed by atoms with Crippen molar-refractivity contribution >= 4 is 68.4 Å². The molecule has 0 saturated carbocycles. The van der Waals surface area contributed by atoms with E-state index in [1.807, 2.05) is 0 Å². The molecule has 0 bridgehead atoms. The third-order valence-electron chi connectivity index (χ3n) is 5.30. The summed E-state index contributed by atoms with van der Waals surface area (Å²) in [5.41, 5.74) is 0.393. The second kappa shape index (κ2) is 10.9. The lowest BCUT2D eigenvalue weighted by Crippen LogP contribution is -2.71. The van der Waals surface area contributed by atoms with Crippen LogP contribution < -0.4 is 10.1 Å². The Bertz CT molecular complexity index is 1540. The molecule has 2 atom stereocenters. The molecular formula is C18H21N9O7S4. The molecule has 38 heavy (non-hydrogen) atoms. The van der Waals surface area contributed by atoms with Crippen molar-refractivity contribution in [2.24, 2.45) is 23.6 Å². The number of tetrazole rings is 1. The van der Waals surface area contributed by atoms with Gasteiger partial charge < -0.3 is 19.8 Å². The Balaban J connectivity index is 1.53. The smallest absolute Gasteiger partial charge is 0.352 e. The molecule has 0 spiro atoms. The van der Waals surface area contributed by atoms with Crippen molar-refractivity contribution in [3.63, 3.8) is 0 Å². The molecular weight excluding hydrogens is 583 g/mol. The molecule has 2 aromatic heterocycles. The van der Waals surface area contributed by atoms with Gasteiger partial charge in [-0.05, 0) is 16.0 Å². The van der Waals surface area contributed by atoms with E-state index in [2.05, 4.69) is 30.4 Å². The second-order valence-electron chi connectivity index (χ2n) is 7.90. The van der Waals surface area contributed by atoms with E-state index in [4.69, 9.17) is 4.84 Å². The third kappa shape index (κ3) is 5.47. The summed E-state index contributed by atoms with van der Waals surface area (Å²) in [5, 5.41) is 28.7. The van der Waals surface area contributed by atoms with Crippen molar-refractivity contribution in [3.8, 4) is 0 Å². The van der Waals surface area contributed by atoms with Crippen LogP contribution in [0.2, 0.25) is 0 Å². The van der Waals surface area contributed by atoms with Crippen LogP contribution in [0.25, 0.3) is 0 Å². The SMILES string of the molecule is CO/N=C(/C(=O)NC1C(=O)N2C(C(=O)O)=C(CSc3nnnn3C)CS[C@H]12)c1csc(=NS(C)(=O)=O)n1C. The minimum absolute atomic E-state index is 0.103. The molecule has 2 aliphatic heterocycles. The van der Waals surface area contributed by atoms with Crippen molar-refractivity contribution < 1.29 is 32.7 Å². The number of thioether (sulfide) groups is 2. The number of nitrogens with zero attached hydrogens (tertiary/aromatic N) is 8. The number of sulfonamides is 1. The highest BCUT2D eigenvalue weighted by molar-refractivity contribution is 8.01. The Morgan fingerprint density at radius 1 is 1.37 bits per heavy atom. The molecule has 2 amide bonds. The van der Waals surface area contributed by atoms with Gasteiger partial charge in [0.25, 0.3) is 21.8 Å². The Hall–Kier alpha value is -3.23. The largest absolute Gasteiger partial charge is 0.477 e. The number of rotatable bonds is 9. The van der Waals surface area contributed by atoms with Crippen LogP contribution in [0.4, 0.5) is 0 Å². The van der Waals surface area contributed by atoms with Crippen molar-refractivity contribution in [1.29, 1.82) is 0 Å². The molecule has 1 saturated heterocycles. The quantitative estimate of drug-likeness (QED) is 0.143. The van der Waals surface area contributed by atoms with Crippen LogP contribution in [0.5, 0.6) is 0 Å². The number of aromatic nitrogens is 5. The summed E-state index contributed by atoms with van der Waals surface area (Å²) in [5.74, 6) is -2.03. The lowest BCUT2D eigenvalue weighted by atomic mass is 10.0. The Morgan fingerprint density at radius 3 is 2.71 bits per heavy atom. The van der Waals surface area contributed by atoms with Gasteiger partial charge in [-0.2, -0.15) is 0 Å². The zero-order chi connectivity index (χ0) is 27.8. The summed E-state index contributed by atoms with van der Waals surface area (Å²) < 4.78 is 29.6. The van der Waals surface area contributed by atoms with E-state index >= 15 is 0 Å². The van der Waals surface area contributed by atoms with Crippen LogP contribution in [-0.4, -0.2) is 103 Å². The second-order valence-corrected chi connectivity index (χ2v) is 12.4. The molecule has 20 heteroatoms. The van der Waals surface area contributed by atoms with Gasteiger partial charge in [0.2, 0.25) is 9.96 Å². The van der Waals surface area contributed by atoms with E-state index in [1.54, 1.807) is 7.05 Å². The fourth-order valence-corrected chi connectivity index (χ4v) is 7.67. The number of fused-ring (bicyclic) bond motifs is 1. The van der Waals surface area contributed by atoms with Crippen LogP contribution in [0.3, 0.4) is 0 Å². The molecule has 4 rings (SSSR count). The summed E-state index contributed by atoms with van der Waals surface area (Å²) in [6, 6.07) is -1.01. The molecule has 0 aliphatic carbocycles. The summed E-state index contributed by atoms with van der Waals surface area (Å²) >= 11 is 3.53. The number of carbonyl (C=O) groups is 3. The van der Waals surface area contributed by atoms with E-state index in [9.17, 15) is 27.9 Å². The molecule has 0 radical (unpaired) electrons. The van der Waals surface area contributed by atoms with Crippen molar-refractivity contribution in [3.05, 3.63) is 27.1 Å². The third-order valence-corrected chi connectivity index (χ3v) is 9.28. The summed E-state index contributed by atoms with van der Waals surface area (Å²) in [6.07, 6.45) is 0.940. The van der Waals surface area contributed by atoms with Gasteiger partial charge in [0.05, 0.1) is 11.9 Å². The highest BCUT2D eigenvalue weighted by Crippen LogP contribution is 2.41. The number of nitrogens with one attached hydrogen (secondary N) is 1. The summed E-state index contributed by atoms with van der Waals surface area (Å²) in [7, 11) is 0.702. The fraction of sp³-hybridized carbons (Fsp3) is 0.444. The van der Waals surface area contributed by atoms with Gasteiger partial charge in [0.15, 0.2) is 5.71 Å². The van der Waals surface area contributed by atoms with Crippen LogP contribution in [0, 0.1) is 0 Å². The summed E-state index contributed by atoms with van der Waals surface area (Å²) in [4.78, 5) is 44.3.